The van der Waals surface area contributed by atoms with Crippen LogP contribution in [0.1, 0.15) is 12.0 Å². The summed E-state index contributed by atoms with van der Waals surface area (Å²) >= 11 is 0. The van der Waals surface area contributed by atoms with Crippen molar-refractivity contribution in [1.82, 2.24) is 10.6 Å². The van der Waals surface area contributed by atoms with Gasteiger partial charge in [-0.3, -0.25) is 10.1 Å². The first-order valence-electron chi connectivity index (χ1n) is 5.94. The molecule has 108 valence electrons. The predicted molar refractivity (Wildman–Crippen MR) is 69.8 cm³/mol. The Morgan fingerprint density at radius 2 is 1.80 bits per heavy atom. The highest BCUT2D eigenvalue weighted by atomic mass is 16.5. The van der Waals surface area contributed by atoms with Crippen molar-refractivity contribution in [2.24, 2.45) is 0 Å². The van der Waals surface area contributed by atoms with Crippen LogP contribution in [0.2, 0.25) is 0 Å². The number of hydrogen-bond acceptors (Lipinski definition) is 5. The fourth-order valence-corrected chi connectivity index (χ4v) is 1.28. The van der Waals surface area contributed by atoms with Crippen LogP contribution in [-0.4, -0.2) is 31.7 Å². The van der Waals surface area contributed by atoms with Crippen LogP contribution in [0.15, 0.2) is 30.3 Å². The Morgan fingerprint density at radius 3 is 2.45 bits per heavy atom. The third-order valence-electron chi connectivity index (χ3n) is 2.26. The Morgan fingerprint density at radius 1 is 1.10 bits per heavy atom. The lowest BCUT2D eigenvalue weighted by Gasteiger charge is -2.07. The van der Waals surface area contributed by atoms with Crippen LogP contribution >= 0.6 is 0 Å². The summed E-state index contributed by atoms with van der Waals surface area (Å²) in [7, 11) is 1.15. The lowest BCUT2D eigenvalue weighted by Crippen LogP contribution is -2.34. The number of ether oxygens (including phenoxy) is 2. The van der Waals surface area contributed by atoms with Gasteiger partial charge in [0.1, 0.15) is 6.61 Å². The quantitative estimate of drug-likeness (QED) is 0.844. The summed E-state index contributed by atoms with van der Waals surface area (Å²) in [6.07, 6.45) is -1.50. The molecule has 7 heteroatoms. The number of nitrogens with one attached hydrogen (secondary N) is 2. The normalized spacial score (nSPS) is 9.45. The zero-order valence-electron chi connectivity index (χ0n) is 11.0. The van der Waals surface area contributed by atoms with E-state index in [1.807, 2.05) is 35.6 Å². The maximum atomic E-state index is 11.3. The molecule has 0 saturated heterocycles. The Kier molecular flexibility index (Phi) is 6.60. The van der Waals surface area contributed by atoms with Gasteiger partial charge in [-0.2, -0.15) is 0 Å². The number of methoxy groups -OCH3 is 1. The van der Waals surface area contributed by atoms with Crippen LogP contribution in [0.5, 0.6) is 0 Å². The molecule has 0 aliphatic heterocycles. The average molecular weight is 280 g/mol. The van der Waals surface area contributed by atoms with Crippen molar-refractivity contribution in [3.05, 3.63) is 35.9 Å². The van der Waals surface area contributed by atoms with Gasteiger partial charge in [0.25, 0.3) is 0 Å². The number of benzene rings is 1. The fourth-order valence-electron chi connectivity index (χ4n) is 1.28. The molecule has 1 aromatic carbocycles. The summed E-state index contributed by atoms with van der Waals surface area (Å²) in [5.41, 5.74) is 0.867. The highest BCUT2D eigenvalue weighted by Gasteiger charge is 2.08. The van der Waals surface area contributed by atoms with E-state index >= 15 is 0 Å². The van der Waals surface area contributed by atoms with Crippen LogP contribution < -0.4 is 10.6 Å². The smallest absolute Gasteiger partial charge is 0.413 e. The molecule has 0 bridgehead atoms. The van der Waals surface area contributed by atoms with E-state index in [-0.39, 0.29) is 19.6 Å². The molecule has 0 aliphatic carbocycles. The van der Waals surface area contributed by atoms with E-state index in [1.165, 1.54) is 0 Å². The van der Waals surface area contributed by atoms with Gasteiger partial charge in [0.15, 0.2) is 0 Å². The molecular weight excluding hydrogens is 264 g/mol. The number of carbonyl (C=O) groups excluding carboxylic acids is 3. The summed E-state index contributed by atoms with van der Waals surface area (Å²) in [4.78, 5) is 33.2. The van der Waals surface area contributed by atoms with Crippen molar-refractivity contribution in [3.63, 3.8) is 0 Å². The van der Waals surface area contributed by atoms with Crippen LogP contribution in [0, 0.1) is 0 Å². The molecule has 0 fully saturated rings. The molecule has 1 aromatic rings. The fraction of sp³-hybridized carbons (Fsp3) is 0.308. The number of carbonyl (C=O) groups is 3. The minimum atomic E-state index is -0.832. The summed E-state index contributed by atoms with van der Waals surface area (Å²) in [5.74, 6) is -0.541. The molecule has 0 spiro atoms. The average Bonchev–Trinajstić information content (AvgIpc) is 2.46. The van der Waals surface area contributed by atoms with E-state index in [2.05, 4.69) is 10.1 Å². The second-order valence-electron chi connectivity index (χ2n) is 3.78. The second-order valence-corrected chi connectivity index (χ2v) is 3.78. The van der Waals surface area contributed by atoms with E-state index in [0.717, 1.165) is 12.7 Å². The summed E-state index contributed by atoms with van der Waals surface area (Å²) in [6.45, 7) is 0.220. The second kappa shape index (κ2) is 8.52. The van der Waals surface area contributed by atoms with Gasteiger partial charge in [0.2, 0.25) is 5.91 Å². The Bertz CT molecular complexity index is 461. The number of rotatable bonds is 5. The molecule has 0 aromatic heterocycles. The van der Waals surface area contributed by atoms with Gasteiger partial charge in [0.05, 0.1) is 7.11 Å². The zero-order valence-corrected chi connectivity index (χ0v) is 11.0. The molecule has 0 atom stereocenters. The number of hydrogen-bond donors (Lipinski definition) is 2. The molecule has 3 amide bonds. The van der Waals surface area contributed by atoms with Gasteiger partial charge in [-0.15, -0.1) is 0 Å². The van der Waals surface area contributed by atoms with Gasteiger partial charge in [-0.05, 0) is 5.56 Å². The monoisotopic (exact) mass is 280 g/mol. The highest BCUT2D eigenvalue weighted by Crippen LogP contribution is 2.00. The Hall–Kier alpha value is -2.57. The van der Waals surface area contributed by atoms with Crippen molar-refractivity contribution in [3.8, 4) is 0 Å². The largest absolute Gasteiger partial charge is 0.453 e. The molecule has 0 heterocycles. The molecule has 0 aliphatic rings. The van der Waals surface area contributed by atoms with Gasteiger partial charge >= 0.3 is 12.2 Å². The van der Waals surface area contributed by atoms with Gasteiger partial charge in [-0.25, -0.2) is 9.59 Å². The molecule has 7 nitrogen and oxygen atoms in total. The van der Waals surface area contributed by atoms with Gasteiger partial charge in [-0.1, -0.05) is 30.3 Å². The lowest BCUT2D eigenvalue weighted by molar-refractivity contribution is -0.120. The molecule has 0 radical (unpaired) electrons. The summed E-state index contributed by atoms with van der Waals surface area (Å²) in [6, 6.07) is 9.21. The maximum Gasteiger partial charge on any atom is 0.413 e. The van der Waals surface area contributed by atoms with E-state index in [0.29, 0.717) is 0 Å². The zero-order chi connectivity index (χ0) is 14.8. The van der Waals surface area contributed by atoms with Crippen LogP contribution in [-0.2, 0) is 20.9 Å². The lowest BCUT2D eigenvalue weighted by atomic mass is 10.2. The number of amides is 3. The highest BCUT2D eigenvalue weighted by molar-refractivity contribution is 5.91. The Balaban J connectivity index is 2.14. The van der Waals surface area contributed by atoms with Crippen molar-refractivity contribution in [2.45, 2.75) is 13.0 Å². The third-order valence-corrected chi connectivity index (χ3v) is 2.26. The standard InChI is InChI=1S/C13H16N2O5/c1-19-13(18)15-11(16)7-8-14-12(17)20-9-10-5-3-2-4-6-10/h2-6H,7-9H2,1H3,(H,14,17)(H,15,16,18). The van der Waals surface area contributed by atoms with E-state index in [1.54, 1.807) is 0 Å². The minimum Gasteiger partial charge on any atom is -0.453 e. The molecule has 0 unspecified atom stereocenters. The van der Waals surface area contributed by atoms with E-state index in [4.69, 9.17) is 4.74 Å². The first-order valence-corrected chi connectivity index (χ1v) is 5.94. The first-order chi connectivity index (χ1) is 9.61. The summed E-state index contributed by atoms with van der Waals surface area (Å²) < 4.78 is 9.19. The van der Waals surface area contributed by atoms with Crippen LogP contribution in [0.4, 0.5) is 9.59 Å². The molecule has 2 N–H and O–H groups in total. The van der Waals surface area contributed by atoms with Crippen LogP contribution in [0.3, 0.4) is 0 Å². The van der Waals surface area contributed by atoms with Crippen molar-refractivity contribution >= 4 is 18.1 Å². The van der Waals surface area contributed by atoms with Crippen molar-refractivity contribution < 1.29 is 23.9 Å². The third kappa shape index (κ3) is 6.39. The SMILES string of the molecule is COC(=O)NC(=O)CCNC(=O)OCc1ccccc1. The van der Waals surface area contributed by atoms with Crippen molar-refractivity contribution in [2.75, 3.05) is 13.7 Å². The topological polar surface area (TPSA) is 93.7 Å². The summed E-state index contributed by atoms with van der Waals surface area (Å²) in [5, 5.41) is 4.37. The number of imide groups is 1. The minimum absolute atomic E-state index is 0.0461. The molecular formula is C13H16N2O5. The first kappa shape index (κ1) is 15.5. The van der Waals surface area contributed by atoms with Crippen LogP contribution in [0.25, 0.3) is 0 Å². The van der Waals surface area contributed by atoms with Gasteiger partial charge in [0, 0.05) is 13.0 Å². The predicted octanol–water partition coefficient (Wildman–Crippen LogP) is 1.19. The van der Waals surface area contributed by atoms with E-state index < -0.39 is 18.1 Å². The molecule has 1 rings (SSSR count). The molecule has 0 saturated carbocycles. The van der Waals surface area contributed by atoms with E-state index in [9.17, 15) is 14.4 Å². The maximum absolute atomic E-state index is 11.3. The Labute approximate surface area is 116 Å². The number of alkyl carbamates (subject to hydrolysis) is 2. The molecule has 20 heavy (non-hydrogen) atoms. The van der Waals surface area contributed by atoms with Gasteiger partial charge < -0.3 is 14.8 Å². The van der Waals surface area contributed by atoms with Crippen molar-refractivity contribution in [1.29, 1.82) is 0 Å².